The van der Waals surface area contributed by atoms with Crippen molar-refractivity contribution in [1.29, 1.82) is 0 Å². The number of aliphatic hydroxyl groups is 1. The number of nitrogens with zero attached hydrogens (tertiary/aromatic N) is 2. The fourth-order valence-electron chi connectivity index (χ4n) is 1.68. The van der Waals surface area contributed by atoms with E-state index >= 15 is 0 Å². The summed E-state index contributed by atoms with van der Waals surface area (Å²) in [6.45, 7) is 3.60. The number of methoxy groups -OCH3 is 1. The number of aromatic nitrogens is 2. The van der Waals surface area contributed by atoms with Crippen molar-refractivity contribution in [2.24, 2.45) is 0 Å². The molecule has 0 radical (unpaired) electrons. The number of hydrogen-bond donors (Lipinski definition) is 1. The lowest BCUT2D eigenvalue weighted by molar-refractivity contribution is -0.133. The topological polar surface area (TPSA) is 72.3 Å². The number of benzene rings is 1. The fourth-order valence-corrected chi connectivity index (χ4v) is 1.68. The standard InChI is InChI=1S/C15H14N2O3/c1-10(15(19)20-2)13-7-16-14(17-8-13)12-5-3-4-11(6-12)9-18/h3-8,18H,1,9H2,2H3. The Bertz CT molecular complexity index is 636. The smallest absolute Gasteiger partial charge is 0.337 e. The molecular formula is C15H14N2O3. The summed E-state index contributed by atoms with van der Waals surface area (Å²) in [5.74, 6) is 0.00495. The van der Waals surface area contributed by atoms with Gasteiger partial charge in [0, 0.05) is 23.5 Å². The van der Waals surface area contributed by atoms with Crippen molar-refractivity contribution in [3.05, 3.63) is 54.4 Å². The molecule has 0 saturated carbocycles. The molecule has 0 aliphatic carbocycles. The van der Waals surface area contributed by atoms with Gasteiger partial charge in [-0.05, 0) is 11.6 Å². The van der Waals surface area contributed by atoms with Crippen molar-refractivity contribution in [2.45, 2.75) is 6.61 Å². The van der Waals surface area contributed by atoms with E-state index in [1.54, 1.807) is 0 Å². The first kappa shape index (κ1) is 13.9. The summed E-state index contributed by atoms with van der Waals surface area (Å²) in [6, 6.07) is 7.30. The van der Waals surface area contributed by atoms with E-state index in [-0.39, 0.29) is 12.2 Å². The van der Waals surface area contributed by atoms with Crippen molar-refractivity contribution < 1.29 is 14.6 Å². The maximum Gasteiger partial charge on any atom is 0.337 e. The van der Waals surface area contributed by atoms with E-state index < -0.39 is 5.97 Å². The van der Waals surface area contributed by atoms with Crippen LogP contribution in [0.4, 0.5) is 0 Å². The molecule has 1 N–H and O–H groups in total. The van der Waals surface area contributed by atoms with Crippen LogP contribution in [0.1, 0.15) is 11.1 Å². The second kappa shape index (κ2) is 6.08. The summed E-state index contributed by atoms with van der Waals surface area (Å²) in [7, 11) is 1.29. The van der Waals surface area contributed by atoms with Gasteiger partial charge in [-0.3, -0.25) is 0 Å². The van der Waals surface area contributed by atoms with Gasteiger partial charge in [-0.25, -0.2) is 14.8 Å². The zero-order valence-electron chi connectivity index (χ0n) is 11.0. The molecule has 0 spiro atoms. The molecule has 0 amide bonds. The second-order valence-corrected chi connectivity index (χ2v) is 4.12. The Labute approximate surface area is 116 Å². The van der Waals surface area contributed by atoms with Crippen molar-refractivity contribution in [2.75, 3.05) is 7.11 Å². The molecule has 0 fully saturated rings. The molecule has 20 heavy (non-hydrogen) atoms. The van der Waals surface area contributed by atoms with E-state index in [1.165, 1.54) is 19.5 Å². The third-order valence-corrected chi connectivity index (χ3v) is 2.80. The molecular weight excluding hydrogens is 256 g/mol. The molecule has 1 aromatic heterocycles. The minimum absolute atomic E-state index is 0.0366. The lowest BCUT2D eigenvalue weighted by Crippen LogP contribution is -2.03. The molecule has 0 saturated heterocycles. The molecule has 2 aromatic rings. The highest BCUT2D eigenvalue weighted by Gasteiger charge is 2.11. The van der Waals surface area contributed by atoms with Gasteiger partial charge >= 0.3 is 5.97 Å². The van der Waals surface area contributed by atoms with E-state index in [9.17, 15) is 4.79 Å². The predicted molar refractivity (Wildman–Crippen MR) is 74.4 cm³/mol. The third kappa shape index (κ3) is 2.89. The van der Waals surface area contributed by atoms with Crippen molar-refractivity contribution >= 4 is 11.5 Å². The highest BCUT2D eigenvalue weighted by atomic mass is 16.5. The van der Waals surface area contributed by atoms with E-state index in [0.717, 1.165) is 11.1 Å². The molecule has 102 valence electrons. The molecule has 0 aliphatic heterocycles. The molecule has 2 rings (SSSR count). The quantitative estimate of drug-likeness (QED) is 0.677. The van der Waals surface area contributed by atoms with Crippen LogP contribution in [-0.4, -0.2) is 28.2 Å². The Morgan fingerprint density at radius 2 is 2.05 bits per heavy atom. The van der Waals surface area contributed by atoms with Crippen LogP contribution in [0.15, 0.2) is 43.2 Å². The largest absolute Gasteiger partial charge is 0.465 e. The zero-order valence-corrected chi connectivity index (χ0v) is 11.0. The molecule has 0 atom stereocenters. The monoisotopic (exact) mass is 270 g/mol. The van der Waals surface area contributed by atoms with Crippen molar-refractivity contribution in [3.8, 4) is 11.4 Å². The fraction of sp³-hybridized carbons (Fsp3) is 0.133. The molecule has 1 aromatic carbocycles. The van der Waals surface area contributed by atoms with Crippen LogP contribution in [0.3, 0.4) is 0 Å². The molecule has 0 bridgehead atoms. The Hall–Kier alpha value is -2.53. The van der Waals surface area contributed by atoms with Gasteiger partial charge < -0.3 is 9.84 Å². The maximum atomic E-state index is 11.3. The average molecular weight is 270 g/mol. The number of carbonyl (C=O) groups is 1. The normalized spacial score (nSPS) is 10.1. The van der Waals surface area contributed by atoms with E-state index in [1.807, 2.05) is 24.3 Å². The van der Waals surface area contributed by atoms with E-state index in [4.69, 9.17) is 5.11 Å². The lowest BCUT2D eigenvalue weighted by atomic mass is 10.1. The van der Waals surface area contributed by atoms with Gasteiger partial charge in [0.15, 0.2) is 5.82 Å². The number of aliphatic hydroxyl groups excluding tert-OH is 1. The minimum atomic E-state index is -0.511. The van der Waals surface area contributed by atoms with Crippen LogP contribution >= 0.6 is 0 Å². The second-order valence-electron chi connectivity index (χ2n) is 4.12. The average Bonchev–Trinajstić information content (AvgIpc) is 2.53. The highest BCUT2D eigenvalue weighted by Crippen LogP contribution is 2.18. The Morgan fingerprint density at radius 1 is 1.35 bits per heavy atom. The van der Waals surface area contributed by atoms with E-state index in [0.29, 0.717) is 11.4 Å². The molecule has 0 aliphatic rings. The Morgan fingerprint density at radius 3 is 2.65 bits per heavy atom. The summed E-state index contributed by atoms with van der Waals surface area (Å²) < 4.78 is 4.59. The lowest BCUT2D eigenvalue weighted by Gasteiger charge is -2.05. The Balaban J connectivity index is 2.28. The summed E-state index contributed by atoms with van der Waals surface area (Å²) in [5, 5.41) is 9.11. The van der Waals surface area contributed by atoms with Crippen molar-refractivity contribution in [3.63, 3.8) is 0 Å². The number of esters is 1. The summed E-state index contributed by atoms with van der Waals surface area (Å²) >= 11 is 0. The molecule has 5 nitrogen and oxygen atoms in total. The first-order chi connectivity index (χ1) is 9.65. The predicted octanol–water partition coefficient (Wildman–Crippen LogP) is 1.82. The zero-order chi connectivity index (χ0) is 14.5. The van der Waals surface area contributed by atoms with E-state index in [2.05, 4.69) is 21.3 Å². The highest BCUT2D eigenvalue weighted by molar-refractivity contribution is 6.15. The number of hydrogen-bond acceptors (Lipinski definition) is 5. The van der Waals surface area contributed by atoms with Gasteiger partial charge in [-0.1, -0.05) is 24.8 Å². The third-order valence-electron chi connectivity index (χ3n) is 2.80. The van der Waals surface area contributed by atoms with Gasteiger partial charge in [0.1, 0.15) is 0 Å². The molecule has 0 unspecified atom stereocenters. The van der Waals surface area contributed by atoms with Crippen LogP contribution in [0.2, 0.25) is 0 Å². The summed E-state index contributed by atoms with van der Waals surface area (Å²) in [5.41, 5.74) is 2.31. The van der Waals surface area contributed by atoms with Gasteiger partial charge in [0.2, 0.25) is 0 Å². The van der Waals surface area contributed by atoms with Crippen LogP contribution in [0.25, 0.3) is 17.0 Å². The number of carbonyl (C=O) groups excluding carboxylic acids is 1. The van der Waals surface area contributed by atoms with Crippen LogP contribution in [-0.2, 0) is 16.1 Å². The van der Waals surface area contributed by atoms with Crippen LogP contribution in [0, 0.1) is 0 Å². The minimum Gasteiger partial charge on any atom is -0.465 e. The molecule has 5 heteroatoms. The first-order valence-corrected chi connectivity index (χ1v) is 5.95. The summed E-state index contributed by atoms with van der Waals surface area (Å²) in [6.07, 6.45) is 3.04. The van der Waals surface area contributed by atoms with Gasteiger partial charge in [0.05, 0.1) is 19.3 Å². The first-order valence-electron chi connectivity index (χ1n) is 5.95. The Kier molecular flexibility index (Phi) is 4.22. The maximum absolute atomic E-state index is 11.3. The van der Waals surface area contributed by atoms with Gasteiger partial charge in [-0.15, -0.1) is 0 Å². The SMILES string of the molecule is C=C(C(=O)OC)c1cnc(-c2cccc(CO)c2)nc1. The van der Waals surface area contributed by atoms with Gasteiger partial charge in [0.25, 0.3) is 0 Å². The number of rotatable bonds is 4. The molecule has 1 heterocycles. The van der Waals surface area contributed by atoms with Crippen LogP contribution in [0.5, 0.6) is 0 Å². The summed E-state index contributed by atoms with van der Waals surface area (Å²) in [4.78, 5) is 19.7. The number of ether oxygens (including phenoxy) is 1. The van der Waals surface area contributed by atoms with Crippen LogP contribution < -0.4 is 0 Å². The van der Waals surface area contributed by atoms with Gasteiger partial charge in [-0.2, -0.15) is 0 Å². The van der Waals surface area contributed by atoms with Crippen molar-refractivity contribution in [1.82, 2.24) is 9.97 Å².